The molecule has 0 fully saturated rings. The van der Waals surface area contributed by atoms with Crippen molar-refractivity contribution in [2.24, 2.45) is 0 Å². The molecular formula is C23H22ClN5O5. The zero-order chi connectivity index (χ0) is 24.4. The van der Waals surface area contributed by atoms with E-state index >= 15 is 0 Å². The maximum Gasteiger partial charge on any atom is 0.261 e. The summed E-state index contributed by atoms with van der Waals surface area (Å²) in [6, 6.07) is 10.3. The van der Waals surface area contributed by atoms with Crippen LogP contribution in [0.4, 0.5) is 22.9 Å². The Morgan fingerprint density at radius 2 is 1.74 bits per heavy atom. The summed E-state index contributed by atoms with van der Waals surface area (Å²) in [6.45, 7) is -0.296. The molecule has 2 aromatic carbocycles. The number of carbonyl (C=O) groups excluding carboxylic acids is 2. The molecule has 0 aliphatic carbocycles. The van der Waals surface area contributed by atoms with Crippen molar-refractivity contribution in [1.29, 1.82) is 0 Å². The summed E-state index contributed by atoms with van der Waals surface area (Å²) in [6.07, 6.45) is 1.43. The standard InChI is InChI=1S/C23H22ClN5O5/c1-28-15-8-6-5-7-14(15)22(31)29(16-11-25-23(24)27-21(16)28)12-19(30)26-13-9-17(32-2)20(34-4)18(10-13)33-3/h5-11H,12H2,1-4H3,(H,26,30). The summed E-state index contributed by atoms with van der Waals surface area (Å²) in [7, 11) is 6.22. The predicted octanol–water partition coefficient (Wildman–Crippen LogP) is 3.52. The highest BCUT2D eigenvalue weighted by molar-refractivity contribution is 6.28. The van der Waals surface area contributed by atoms with Crippen molar-refractivity contribution >= 4 is 46.3 Å². The molecule has 176 valence electrons. The molecule has 4 rings (SSSR count). The summed E-state index contributed by atoms with van der Waals surface area (Å²) in [5.74, 6) is 0.740. The maximum atomic E-state index is 13.5. The fourth-order valence-electron chi connectivity index (χ4n) is 3.75. The van der Waals surface area contributed by atoms with E-state index in [-0.39, 0.29) is 17.7 Å². The first kappa shape index (κ1) is 23.1. The molecule has 0 atom stereocenters. The smallest absolute Gasteiger partial charge is 0.261 e. The molecular weight excluding hydrogens is 462 g/mol. The largest absolute Gasteiger partial charge is 0.493 e. The van der Waals surface area contributed by atoms with Gasteiger partial charge in [0, 0.05) is 24.9 Å². The summed E-state index contributed by atoms with van der Waals surface area (Å²) < 4.78 is 16.0. The van der Waals surface area contributed by atoms with Gasteiger partial charge >= 0.3 is 0 Å². The Balaban J connectivity index is 1.69. The Kier molecular flexibility index (Phi) is 6.42. The van der Waals surface area contributed by atoms with Gasteiger partial charge in [-0.3, -0.25) is 14.5 Å². The Hall–Kier alpha value is -4.05. The number of halogens is 1. The first-order chi connectivity index (χ1) is 16.4. The molecule has 3 aromatic rings. The van der Waals surface area contributed by atoms with E-state index in [1.165, 1.54) is 32.4 Å². The monoisotopic (exact) mass is 483 g/mol. The van der Waals surface area contributed by atoms with Gasteiger partial charge in [-0.05, 0) is 23.7 Å². The second-order valence-corrected chi connectivity index (χ2v) is 7.62. The van der Waals surface area contributed by atoms with E-state index in [1.54, 1.807) is 42.3 Å². The number of aromatic nitrogens is 2. The Labute approximate surface area is 201 Å². The van der Waals surface area contributed by atoms with E-state index in [4.69, 9.17) is 25.8 Å². The highest BCUT2D eigenvalue weighted by Gasteiger charge is 2.32. The van der Waals surface area contributed by atoms with Gasteiger partial charge in [0.25, 0.3) is 5.91 Å². The van der Waals surface area contributed by atoms with Gasteiger partial charge < -0.3 is 24.4 Å². The topological polar surface area (TPSA) is 106 Å². The van der Waals surface area contributed by atoms with Crippen LogP contribution < -0.4 is 29.3 Å². The second-order valence-electron chi connectivity index (χ2n) is 7.28. The minimum Gasteiger partial charge on any atom is -0.493 e. The third-order valence-electron chi connectivity index (χ3n) is 5.32. The molecule has 0 unspecified atom stereocenters. The lowest BCUT2D eigenvalue weighted by atomic mass is 10.1. The first-order valence-electron chi connectivity index (χ1n) is 10.1. The van der Waals surface area contributed by atoms with E-state index in [0.29, 0.717) is 45.7 Å². The number of anilines is 4. The Morgan fingerprint density at radius 3 is 2.38 bits per heavy atom. The average Bonchev–Trinajstić information content (AvgIpc) is 2.93. The van der Waals surface area contributed by atoms with E-state index in [0.717, 1.165) is 0 Å². The van der Waals surface area contributed by atoms with Crippen LogP contribution in [0.15, 0.2) is 42.6 Å². The lowest BCUT2D eigenvalue weighted by Crippen LogP contribution is -2.38. The van der Waals surface area contributed by atoms with Crippen LogP contribution >= 0.6 is 11.6 Å². The molecule has 2 heterocycles. The van der Waals surface area contributed by atoms with Crippen molar-refractivity contribution in [3.63, 3.8) is 0 Å². The molecule has 0 saturated heterocycles. The number of fused-ring (bicyclic) bond motifs is 2. The number of hydrogen-bond donors (Lipinski definition) is 1. The van der Waals surface area contributed by atoms with Crippen molar-refractivity contribution in [3.05, 3.63) is 53.4 Å². The van der Waals surface area contributed by atoms with Crippen LogP contribution in [-0.4, -0.2) is 56.7 Å². The van der Waals surface area contributed by atoms with Crippen molar-refractivity contribution < 1.29 is 23.8 Å². The van der Waals surface area contributed by atoms with Gasteiger partial charge in [-0.2, -0.15) is 4.98 Å². The van der Waals surface area contributed by atoms with Crippen molar-refractivity contribution in [1.82, 2.24) is 9.97 Å². The molecule has 1 aromatic heterocycles. The fraction of sp³-hybridized carbons (Fsp3) is 0.217. The Morgan fingerprint density at radius 1 is 1.06 bits per heavy atom. The van der Waals surface area contributed by atoms with Crippen LogP contribution in [-0.2, 0) is 4.79 Å². The number of carbonyl (C=O) groups is 2. The van der Waals surface area contributed by atoms with E-state index in [1.807, 2.05) is 6.07 Å². The van der Waals surface area contributed by atoms with Gasteiger partial charge in [0.1, 0.15) is 12.2 Å². The van der Waals surface area contributed by atoms with E-state index in [2.05, 4.69) is 15.3 Å². The molecule has 0 spiro atoms. The fourth-order valence-corrected chi connectivity index (χ4v) is 3.88. The molecule has 2 amide bonds. The molecule has 0 bridgehead atoms. The summed E-state index contributed by atoms with van der Waals surface area (Å²) in [4.78, 5) is 37.9. The lowest BCUT2D eigenvalue weighted by molar-refractivity contribution is -0.114. The molecule has 10 nitrogen and oxygen atoms in total. The molecule has 1 aliphatic heterocycles. The highest BCUT2D eigenvalue weighted by Crippen LogP contribution is 2.40. The van der Waals surface area contributed by atoms with Crippen LogP contribution in [0.2, 0.25) is 5.28 Å². The second kappa shape index (κ2) is 9.44. The Bertz CT molecular complexity index is 1240. The first-order valence-corrected chi connectivity index (χ1v) is 10.5. The quantitative estimate of drug-likeness (QED) is 0.531. The van der Waals surface area contributed by atoms with Crippen LogP contribution in [0.5, 0.6) is 17.2 Å². The predicted molar refractivity (Wildman–Crippen MR) is 128 cm³/mol. The number of ether oxygens (including phenoxy) is 3. The number of benzene rings is 2. The normalized spacial score (nSPS) is 12.4. The number of nitrogens with zero attached hydrogens (tertiary/aromatic N) is 4. The van der Waals surface area contributed by atoms with Gasteiger partial charge in [-0.15, -0.1) is 0 Å². The number of methoxy groups -OCH3 is 3. The molecule has 1 aliphatic rings. The van der Waals surface area contributed by atoms with Crippen molar-refractivity contribution in [2.75, 3.05) is 50.0 Å². The van der Waals surface area contributed by atoms with E-state index < -0.39 is 5.91 Å². The van der Waals surface area contributed by atoms with Crippen LogP contribution in [0.25, 0.3) is 0 Å². The van der Waals surface area contributed by atoms with Gasteiger partial charge in [0.15, 0.2) is 17.3 Å². The molecule has 0 saturated carbocycles. The number of nitrogens with one attached hydrogen (secondary N) is 1. The maximum absolute atomic E-state index is 13.5. The molecule has 0 radical (unpaired) electrons. The summed E-state index contributed by atoms with van der Waals surface area (Å²) >= 11 is 6.04. The minimum atomic E-state index is -0.453. The zero-order valence-corrected chi connectivity index (χ0v) is 19.7. The third kappa shape index (κ3) is 4.15. The molecule has 11 heteroatoms. The van der Waals surface area contributed by atoms with Crippen LogP contribution in [0.1, 0.15) is 10.4 Å². The van der Waals surface area contributed by atoms with Gasteiger partial charge in [-0.25, -0.2) is 4.98 Å². The number of rotatable bonds is 6. The van der Waals surface area contributed by atoms with Gasteiger partial charge in [-0.1, -0.05) is 12.1 Å². The average molecular weight is 484 g/mol. The van der Waals surface area contributed by atoms with Gasteiger partial charge in [0.2, 0.25) is 16.9 Å². The number of amides is 2. The van der Waals surface area contributed by atoms with Crippen LogP contribution in [0, 0.1) is 0 Å². The number of para-hydroxylation sites is 1. The summed E-state index contributed by atoms with van der Waals surface area (Å²) in [5.41, 5.74) is 1.82. The van der Waals surface area contributed by atoms with Crippen molar-refractivity contribution in [2.45, 2.75) is 0 Å². The molecule has 34 heavy (non-hydrogen) atoms. The van der Waals surface area contributed by atoms with E-state index in [9.17, 15) is 9.59 Å². The third-order valence-corrected chi connectivity index (χ3v) is 5.50. The SMILES string of the molecule is COc1cc(NC(=O)CN2C(=O)c3ccccc3N(C)c3nc(Cl)ncc32)cc(OC)c1OC. The number of hydrogen-bond acceptors (Lipinski definition) is 8. The van der Waals surface area contributed by atoms with Gasteiger partial charge in [0.05, 0.1) is 38.8 Å². The minimum absolute atomic E-state index is 0.0271. The van der Waals surface area contributed by atoms with Crippen LogP contribution in [0.3, 0.4) is 0 Å². The zero-order valence-electron chi connectivity index (χ0n) is 19.0. The summed E-state index contributed by atoms with van der Waals surface area (Å²) in [5, 5.41) is 2.81. The highest BCUT2D eigenvalue weighted by atomic mass is 35.5. The molecule has 1 N–H and O–H groups in total. The lowest BCUT2D eigenvalue weighted by Gasteiger charge is -2.23. The van der Waals surface area contributed by atoms with Crippen molar-refractivity contribution in [3.8, 4) is 17.2 Å².